The first-order chi connectivity index (χ1) is 13.9. The Balaban J connectivity index is 1.77. The number of methoxy groups -OCH3 is 3. The highest BCUT2D eigenvalue weighted by molar-refractivity contribution is 7.22. The van der Waals surface area contributed by atoms with Gasteiger partial charge in [-0.1, -0.05) is 11.3 Å². The quantitative estimate of drug-likeness (QED) is 0.354. The molecule has 0 aliphatic rings. The molecule has 1 N–H and O–H groups in total. The number of hydrogen-bond donors (Lipinski definition) is 1. The lowest BCUT2D eigenvalue weighted by Gasteiger charge is -2.12. The summed E-state index contributed by atoms with van der Waals surface area (Å²) in [6.45, 7) is 0. The SMILES string of the molecule is COc1cc(/C=C/C(=O)Nc2nc3ccc([N+](=O)[O-])cc3s2)cc(OC)c1OC. The van der Waals surface area contributed by atoms with Crippen LogP contribution in [-0.2, 0) is 4.79 Å². The van der Waals surface area contributed by atoms with E-state index in [4.69, 9.17) is 14.2 Å². The molecule has 0 atom stereocenters. The van der Waals surface area contributed by atoms with Crippen molar-refractivity contribution < 1.29 is 23.9 Å². The fraction of sp³-hybridized carbons (Fsp3) is 0.158. The minimum absolute atomic E-state index is 0.0266. The van der Waals surface area contributed by atoms with Crippen LogP contribution in [-0.4, -0.2) is 37.1 Å². The van der Waals surface area contributed by atoms with Crippen molar-refractivity contribution in [2.45, 2.75) is 0 Å². The molecule has 10 heteroatoms. The number of carbonyl (C=O) groups excluding carboxylic acids is 1. The number of aromatic nitrogens is 1. The first-order valence-electron chi connectivity index (χ1n) is 8.29. The van der Waals surface area contributed by atoms with Gasteiger partial charge in [0.15, 0.2) is 16.6 Å². The Labute approximate surface area is 169 Å². The van der Waals surface area contributed by atoms with E-state index in [0.717, 1.165) is 11.3 Å². The number of carbonyl (C=O) groups is 1. The maximum atomic E-state index is 12.2. The van der Waals surface area contributed by atoms with Crippen LogP contribution in [0.5, 0.6) is 17.2 Å². The van der Waals surface area contributed by atoms with Gasteiger partial charge in [0.05, 0.1) is 36.5 Å². The van der Waals surface area contributed by atoms with Crippen molar-refractivity contribution in [1.82, 2.24) is 4.98 Å². The number of nitro groups is 1. The highest BCUT2D eigenvalue weighted by Gasteiger charge is 2.13. The average Bonchev–Trinajstić information content (AvgIpc) is 3.12. The van der Waals surface area contributed by atoms with Gasteiger partial charge < -0.3 is 14.2 Å². The zero-order valence-corrected chi connectivity index (χ0v) is 16.6. The summed E-state index contributed by atoms with van der Waals surface area (Å²) < 4.78 is 16.5. The van der Waals surface area contributed by atoms with Crippen LogP contribution in [0.3, 0.4) is 0 Å². The smallest absolute Gasteiger partial charge is 0.270 e. The maximum Gasteiger partial charge on any atom is 0.270 e. The van der Waals surface area contributed by atoms with Gasteiger partial charge in [-0.25, -0.2) is 4.98 Å². The van der Waals surface area contributed by atoms with Gasteiger partial charge in [-0.15, -0.1) is 0 Å². The third-order valence-corrected chi connectivity index (χ3v) is 4.86. The fourth-order valence-corrected chi connectivity index (χ4v) is 3.50. The molecule has 0 aliphatic carbocycles. The molecule has 1 aromatic heterocycles. The number of benzene rings is 2. The molecule has 0 fully saturated rings. The fourth-order valence-electron chi connectivity index (χ4n) is 2.60. The molecule has 0 unspecified atom stereocenters. The van der Waals surface area contributed by atoms with Crippen molar-refractivity contribution in [2.24, 2.45) is 0 Å². The van der Waals surface area contributed by atoms with Crippen LogP contribution >= 0.6 is 11.3 Å². The Bertz CT molecular complexity index is 1080. The number of nitrogens with zero attached hydrogens (tertiary/aromatic N) is 2. The number of amides is 1. The monoisotopic (exact) mass is 415 g/mol. The van der Waals surface area contributed by atoms with E-state index in [2.05, 4.69) is 10.3 Å². The molecule has 3 rings (SSSR count). The van der Waals surface area contributed by atoms with Gasteiger partial charge in [0.1, 0.15) is 0 Å². The number of nitro benzene ring substituents is 1. The zero-order valence-electron chi connectivity index (χ0n) is 15.8. The zero-order chi connectivity index (χ0) is 21.0. The minimum Gasteiger partial charge on any atom is -0.493 e. The molecule has 1 amide bonds. The topological polar surface area (TPSA) is 113 Å². The normalized spacial score (nSPS) is 10.9. The Hall–Kier alpha value is -3.66. The minimum atomic E-state index is -0.475. The van der Waals surface area contributed by atoms with Gasteiger partial charge in [0.2, 0.25) is 11.7 Å². The molecule has 0 radical (unpaired) electrons. The van der Waals surface area contributed by atoms with Crippen molar-refractivity contribution in [3.05, 3.63) is 52.1 Å². The molecule has 0 saturated heterocycles. The van der Waals surface area contributed by atoms with Gasteiger partial charge in [-0.05, 0) is 29.8 Å². The molecule has 1 heterocycles. The van der Waals surface area contributed by atoms with Crippen LogP contribution in [0, 0.1) is 10.1 Å². The van der Waals surface area contributed by atoms with Crippen molar-refractivity contribution in [1.29, 1.82) is 0 Å². The molecule has 0 bridgehead atoms. The lowest BCUT2D eigenvalue weighted by Crippen LogP contribution is -2.07. The molecule has 150 valence electrons. The van der Waals surface area contributed by atoms with Gasteiger partial charge in [0, 0.05) is 18.2 Å². The molecule has 0 saturated carbocycles. The van der Waals surface area contributed by atoms with Crippen LogP contribution in [0.2, 0.25) is 0 Å². The van der Waals surface area contributed by atoms with Crippen molar-refractivity contribution in [2.75, 3.05) is 26.6 Å². The number of ether oxygens (including phenoxy) is 3. The van der Waals surface area contributed by atoms with Crippen LogP contribution in [0.4, 0.5) is 10.8 Å². The molecule has 9 nitrogen and oxygen atoms in total. The summed E-state index contributed by atoms with van der Waals surface area (Å²) in [5, 5.41) is 13.9. The van der Waals surface area contributed by atoms with E-state index < -0.39 is 10.8 Å². The summed E-state index contributed by atoms with van der Waals surface area (Å²) in [6.07, 6.45) is 2.94. The largest absolute Gasteiger partial charge is 0.493 e. The first-order valence-corrected chi connectivity index (χ1v) is 9.11. The predicted molar refractivity (Wildman–Crippen MR) is 110 cm³/mol. The molecule has 0 aliphatic heterocycles. The van der Waals surface area contributed by atoms with E-state index >= 15 is 0 Å². The van der Waals surface area contributed by atoms with Crippen molar-refractivity contribution in [3.8, 4) is 17.2 Å². The summed E-state index contributed by atoms with van der Waals surface area (Å²) >= 11 is 1.16. The molecule has 3 aromatic rings. The summed E-state index contributed by atoms with van der Waals surface area (Å²) in [5.74, 6) is 1.01. The van der Waals surface area contributed by atoms with E-state index in [1.807, 2.05) is 0 Å². The second kappa shape index (κ2) is 8.57. The highest BCUT2D eigenvalue weighted by atomic mass is 32.1. The number of non-ortho nitro benzene ring substituents is 1. The second-order valence-electron chi connectivity index (χ2n) is 5.71. The standard InChI is InChI=1S/C19H17N3O6S/c1-26-14-8-11(9-15(27-2)18(14)28-3)4-7-17(23)21-19-20-13-6-5-12(22(24)25)10-16(13)29-19/h4-10H,1-3H3,(H,20,21,23)/b7-4+. The summed E-state index contributed by atoms with van der Waals surface area (Å²) in [4.78, 5) is 26.9. The first kappa shape index (κ1) is 20.1. The average molecular weight is 415 g/mol. The Kier molecular flexibility index (Phi) is 5.93. The van der Waals surface area contributed by atoms with E-state index in [1.165, 1.54) is 39.5 Å². The summed E-state index contributed by atoms with van der Waals surface area (Å²) in [5.41, 5.74) is 1.22. The number of hydrogen-bond acceptors (Lipinski definition) is 8. The molecule has 0 spiro atoms. The number of rotatable bonds is 7. The molecule has 2 aromatic carbocycles. The maximum absolute atomic E-state index is 12.2. The lowest BCUT2D eigenvalue weighted by atomic mass is 10.1. The number of anilines is 1. The lowest BCUT2D eigenvalue weighted by molar-refractivity contribution is -0.384. The van der Waals surface area contributed by atoms with Gasteiger partial charge >= 0.3 is 0 Å². The number of thiazole rings is 1. The summed E-state index contributed by atoms with van der Waals surface area (Å²) in [7, 11) is 4.53. The third kappa shape index (κ3) is 4.43. The van der Waals surface area contributed by atoms with Crippen LogP contribution in [0.25, 0.3) is 16.3 Å². The summed E-state index contributed by atoms with van der Waals surface area (Å²) in [6, 6.07) is 7.77. The van der Waals surface area contributed by atoms with E-state index in [1.54, 1.807) is 24.3 Å². The van der Waals surface area contributed by atoms with Crippen LogP contribution in [0.15, 0.2) is 36.4 Å². The number of fused-ring (bicyclic) bond motifs is 1. The van der Waals surface area contributed by atoms with Gasteiger partial charge in [0.25, 0.3) is 5.69 Å². The molecule has 29 heavy (non-hydrogen) atoms. The Morgan fingerprint density at radius 3 is 2.41 bits per heavy atom. The Morgan fingerprint density at radius 1 is 1.14 bits per heavy atom. The van der Waals surface area contributed by atoms with Crippen molar-refractivity contribution in [3.63, 3.8) is 0 Å². The van der Waals surface area contributed by atoms with Crippen LogP contribution < -0.4 is 19.5 Å². The third-order valence-electron chi connectivity index (χ3n) is 3.93. The van der Waals surface area contributed by atoms with E-state index in [-0.39, 0.29) is 5.69 Å². The molecular weight excluding hydrogens is 398 g/mol. The van der Waals surface area contributed by atoms with Gasteiger partial charge in [-0.2, -0.15) is 0 Å². The molecular formula is C19H17N3O6S. The van der Waals surface area contributed by atoms with Crippen molar-refractivity contribution >= 4 is 44.4 Å². The predicted octanol–water partition coefficient (Wildman–Crippen LogP) is 3.88. The van der Waals surface area contributed by atoms with Gasteiger partial charge in [-0.3, -0.25) is 20.2 Å². The van der Waals surface area contributed by atoms with Crippen LogP contribution in [0.1, 0.15) is 5.56 Å². The van der Waals surface area contributed by atoms with E-state index in [0.29, 0.717) is 38.2 Å². The van der Waals surface area contributed by atoms with E-state index in [9.17, 15) is 14.9 Å². The number of nitrogens with one attached hydrogen (secondary N) is 1. The Morgan fingerprint density at radius 2 is 1.83 bits per heavy atom. The highest BCUT2D eigenvalue weighted by Crippen LogP contribution is 2.38. The second-order valence-corrected chi connectivity index (χ2v) is 6.74.